The molecule has 0 bridgehead atoms. The van der Waals surface area contributed by atoms with E-state index in [1.54, 1.807) is 20.8 Å². The lowest BCUT2D eigenvalue weighted by atomic mass is 10.1. The van der Waals surface area contributed by atoms with Crippen LogP contribution in [0, 0.1) is 0 Å². The molecule has 4 aromatic rings. The van der Waals surface area contributed by atoms with E-state index in [2.05, 4.69) is 50.4 Å². The summed E-state index contributed by atoms with van der Waals surface area (Å²) < 4.78 is 25.8. The molecule has 1 unspecified atom stereocenters. The third-order valence-corrected chi connectivity index (χ3v) is 14.0. The van der Waals surface area contributed by atoms with Crippen LogP contribution in [-0.2, 0) is 30.0 Å². The van der Waals surface area contributed by atoms with Crippen LogP contribution in [0.2, 0.25) is 5.04 Å². The number of benzene rings is 4. The first-order valence-electron chi connectivity index (χ1n) is 16.6. The average molecular weight is 700 g/mol. The van der Waals surface area contributed by atoms with Crippen molar-refractivity contribution in [3.63, 3.8) is 0 Å². The molecule has 0 saturated carbocycles. The van der Waals surface area contributed by atoms with Crippen molar-refractivity contribution in [2.24, 2.45) is 0 Å². The second-order valence-corrected chi connectivity index (χ2v) is 19.4. The Kier molecular flexibility index (Phi) is 13.3. The molecule has 0 aliphatic carbocycles. The number of hydrogen-bond donors (Lipinski definition) is 1. The summed E-state index contributed by atoms with van der Waals surface area (Å²) in [5.41, 5.74) is -0.686. The van der Waals surface area contributed by atoms with Crippen LogP contribution in [0.1, 0.15) is 54.0 Å². The van der Waals surface area contributed by atoms with Crippen molar-refractivity contribution in [1.82, 2.24) is 5.32 Å². The van der Waals surface area contributed by atoms with E-state index in [4.69, 9.17) is 18.6 Å². The predicted molar refractivity (Wildman–Crippen MR) is 200 cm³/mol. The van der Waals surface area contributed by atoms with Crippen LogP contribution < -0.4 is 15.7 Å². The molecule has 4 aromatic carbocycles. The molecule has 0 fully saturated rings. The number of nitrogens with one attached hydrogen (secondary N) is 1. The van der Waals surface area contributed by atoms with Crippen LogP contribution in [-0.4, -0.2) is 50.2 Å². The normalized spacial score (nSPS) is 13.9. The van der Waals surface area contributed by atoms with Crippen molar-refractivity contribution in [2.45, 2.75) is 88.2 Å². The van der Waals surface area contributed by atoms with E-state index in [0.29, 0.717) is 0 Å². The Balaban J connectivity index is 1.84. The summed E-state index contributed by atoms with van der Waals surface area (Å²) in [7, 11) is -3.02. The summed E-state index contributed by atoms with van der Waals surface area (Å²) in [5.74, 6) is -0.487. The maximum Gasteiger partial charge on any atom is 0.408 e. The fourth-order valence-electron chi connectivity index (χ4n) is 5.75. The van der Waals surface area contributed by atoms with Gasteiger partial charge in [-0.3, -0.25) is 4.79 Å². The number of carbonyl (C=O) groups is 2. The quantitative estimate of drug-likeness (QED) is 0.0625. The Labute approximate surface area is 296 Å². The number of alkyl carbamates (subject to hydrolysis) is 1. The maximum atomic E-state index is 13.5. The topological polar surface area (TPSA) is 83.1 Å². The molecule has 0 heterocycles. The molecule has 0 aliphatic rings. The molecule has 0 aromatic heterocycles. The monoisotopic (exact) mass is 699 g/mol. The number of amides is 1. The number of esters is 1. The van der Waals surface area contributed by atoms with Crippen LogP contribution in [0.25, 0.3) is 0 Å². The average Bonchev–Trinajstić information content (AvgIpc) is 3.05. The molecule has 0 aliphatic heterocycles. The molecule has 1 N–H and O–H groups in total. The van der Waals surface area contributed by atoms with Crippen molar-refractivity contribution in [1.29, 1.82) is 0 Å². The molecule has 3 atom stereocenters. The molecule has 260 valence electrons. The van der Waals surface area contributed by atoms with Gasteiger partial charge in [-0.1, -0.05) is 142 Å². The van der Waals surface area contributed by atoms with Crippen LogP contribution in [0.3, 0.4) is 0 Å². The summed E-state index contributed by atoms with van der Waals surface area (Å²) in [6.45, 7) is 13.7. The van der Waals surface area contributed by atoms with Gasteiger partial charge in [0.1, 0.15) is 17.7 Å². The summed E-state index contributed by atoms with van der Waals surface area (Å²) in [4.78, 5) is 27.0. The minimum Gasteiger partial charge on any atom is -0.449 e. The number of thioether (sulfide) groups is 1. The van der Waals surface area contributed by atoms with Gasteiger partial charge in [-0.05, 0) is 53.9 Å². The zero-order valence-corrected chi connectivity index (χ0v) is 31.4. The van der Waals surface area contributed by atoms with Crippen molar-refractivity contribution < 1.29 is 28.2 Å². The highest BCUT2D eigenvalue weighted by Gasteiger charge is 2.51. The van der Waals surface area contributed by atoms with Crippen LogP contribution >= 0.6 is 11.8 Å². The molecule has 4 rings (SSSR count). The molecule has 0 radical (unpaired) electrons. The third kappa shape index (κ3) is 10.8. The minimum atomic E-state index is -3.02. The van der Waals surface area contributed by atoms with Gasteiger partial charge in [0, 0.05) is 11.8 Å². The Morgan fingerprint density at radius 1 is 0.735 bits per heavy atom. The Morgan fingerprint density at radius 3 is 1.69 bits per heavy atom. The summed E-state index contributed by atoms with van der Waals surface area (Å²) >= 11 is 1.33. The summed E-state index contributed by atoms with van der Waals surface area (Å²) in [6.07, 6.45) is -1.42. The van der Waals surface area contributed by atoms with E-state index in [1.807, 2.05) is 97.1 Å². The van der Waals surface area contributed by atoms with Crippen LogP contribution in [0.15, 0.2) is 126 Å². The molecule has 0 spiro atoms. The Hall–Kier alpha value is -3.89. The largest absolute Gasteiger partial charge is 0.449 e. The number of hydrogen-bond acceptors (Lipinski definition) is 7. The van der Waals surface area contributed by atoms with E-state index in [1.165, 1.54) is 18.7 Å². The SMILES string of the molecule is CC(=O)OC(Sc1ccccc1)[C@@H](NC(=O)OC(C)(C)C)[C@H](CO[Si](c1ccccc1)(c1ccccc1)C(C)(C)C)OCc1ccccc1. The van der Waals surface area contributed by atoms with Crippen molar-refractivity contribution in [3.8, 4) is 0 Å². The number of ether oxygens (including phenoxy) is 3. The van der Waals surface area contributed by atoms with Crippen molar-refractivity contribution in [2.75, 3.05) is 6.61 Å². The summed E-state index contributed by atoms with van der Waals surface area (Å²) in [5, 5.41) is 4.96. The Morgan fingerprint density at radius 2 is 1.22 bits per heavy atom. The highest BCUT2D eigenvalue weighted by molar-refractivity contribution is 7.99. The Bertz CT molecular complexity index is 1550. The molecule has 7 nitrogen and oxygen atoms in total. The fourth-order valence-corrected chi connectivity index (χ4v) is 11.5. The lowest BCUT2D eigenvalue weighted by Gasteiger charge is -2.44. The molecule has 9 heteroatoms. The first kappa shape index (κ1) is 37.9. The molecule has 0 saturated heterocycles. The lowest BCUT2D eigenvalue weighted by molar-refractivity contribution is -0.145. The van der Waals surface area contributed by atoms with Crippen LogP contribution in [0.4, 0.5) is 4.79 Å². The smallest absolute Gasteiger partial charge is 0.408 e. The first-order chi connectivity index (χ1) is 23.3. The highest BCUT2D eigenvalue weighted by atomic mass is 32.2. The van der Waals surface area contributed by atoms with Gasteiger partial charge in [-0.15, -0.1) is 0 Å². The van der Waals surface area contributed by atoms with Crippen LogP contribution in [0.5, 0.6) is 0 Å². The highest BCUT2D eigenvalue weighted by Crippen LogP contribution is 2.37. The second kappa shape index (κ2) is 17.2. The fraction of sp³-hybridized carbons (Fsp3) is 0.350. The van der Waals surface area contributed by atoms with Gasteiger partial charge < -0.3 is 24.0 Å². The molecular weight excluding hydrogens is 651 g/mol. The first-order valence-corrected chi connectivity index (χ1v) is 19.4. The summed E-state index contributed by atoms with van der Waals surface area (Å²) in [6, 6.07) is 39.3. The zero-order valence-electron chi connectivity index (χ0n) is 29.6. The van der Waals surface area contributed by atoms with Gasteiger partial charge in [-0.25, -0.2) is 4.79 Å². The minimum absolute atomic E-state index is 0.0910. The maximum absolute atomic E-state index is 13.5. The number of carbonyl (C=O) groups excluding carboxylic acids is 2. The van der Waals surface area contributed by atoms with Gasteiger partial charge in [-0.2, -0.15) is 0 Å². The van der Waals surface area contributed by atoms with Gasteiger partial charge in [0.25, 0.3) is 8.32 Å². The zero-order chi connectivity index (χ0) is 35.5. The van der Waals surface area contributed by atoms with Gasteiger partial charge in [0.05, 0.1) is 13.2 Å². The van der Waals surface area contributed by atoms with E-state index in [9.17, 15) is 9.59 Å². The van der Waals surface area contributed by atoms with Gasteiger partial charge in [0.15, 0.2) is 5.44 Å². The van der Waals surface area contributed by atoms with Crippen molar-refractivity contribution >= 4 is 42.5 Å². The second-order valence-electron chi connectivity index (χ2n) is 13.9. The van der Waals surface area contributed by atoms with Crippen molar-refractivity contribution in [3.05, 3.63) is 127 Å². The van der Waals surface area contributed by atoms with Gasteiger partial charge >= 0.3 is 12.1 Å². The van der Waals surface area contributed by atoms with Gasteiger partial charge in [0.2, 0.25) is 0 Å². The molecular formula is C40H49NO6SSi. The standard InChI is InChI=1S/C40H49NO6SSi/c1-30(42)46-37(48-32-22-14-9-15-23-32)36(41-38(43)47-39(2,3)4)35(44-28-31-20-12-8-13-21-31)29-45-49(40(5,6)7,33-24-16-10-17-25-33)34-26-18-11-19-27-34/h8-27,35-37H,28-29H2,1-7H3,(H,41,43)/t35-,36-,37?/m0/s1. The lowest BCUT2D eigenvalue weighted by Crippen LogP contribution is -2.67. The van der Waals surface area contributed by atoms with E-state index < -0.39 is 43.6 Å². The predicted octanol–water partition coefficient (Wildman–Crippen LogP) is 7.72. The third-order valence-electron chi connectivity index (χ3n) is 7.84. The van der Waals surface area contributed by atoms with E-state index in [-0.39, 0.29) is 18.3 Å². The molecule has 1 amide bonds. The van der Waals surface area contributed by atoms with E-state index >= 15 is 0 Å². The molecule has 49 heavy (non-hydrogen) atoms. The number of rotatable bonds is 14. The van der Waals surface area contributed by atoms with E-state index in [0.717, 1.165) is 20.8 Å².